The second kappa shape index (κ2) is 6.25. The molecule has 0 atom stereocenters. The number of carbonyl (C=O) groups is 1. The van der Waals surface area contributed by atoms with Gasteiger partial charge in [-0.3, -0.25) is 9.48 Å². The number of ketones is 1. The molecular weight excluding hydrogens is 310 g/mol. The van der Waals surface area contributed by atoms with E-state index < -0.39 is 17.7 Å². The molecule has 0 spiro atoms. The largest absolute Gasteiger partial charge is 0.456 e. The van der Waals surface area contributed by atoms with Gasteiger partial charge in [-0.25, -0.2) is 4.39 Å². The van der Waals surface area contributed by atoms with Crippen molar-refractivity contribution in [2.45, 2.75) is 17.6 Å². The summed E-state index contributed by atoms with van der Waals surface area (Å²) < 4.78 is 51.0. The van der Waals surface area contributed by atoms with E-state index in [1.807, 2.05) is 0 Å². The van der Waals surface area contributed by atoms with Crippen LogP contribution in [-0.4, -0.2) is 32.7 Å². The maximum absolute atomic E-state index is 13.3. The number of rotatable bonds is 5. The van der Waals surface area contributed by atoms with Crippen LogP contribution in [-0.2, 0) is 6.54 Å². The molecule has 0 saturated carbocycles. The molecule has 0 aliphatic heterocycles. The van der Waals surface area contributed by atoms with E-state index in [-0.39, 0.29) is 12.4 Å². The van der Waals surface area contributed by atoms with E-state index in [4.69, 9.17) is 0 Å². The molecule has 4 nitrogen and oxygen atoms in total. The predicted octanol–water partition coefficient (Wildman–Crippen LogP) is 2.95. The topological polar surface area (TPSA) is 47.8 Å². The van der Waals surface area contributed by atoms with Gasteiger partial charge in [-0.15, -0.1) is 16.9 Å². The van der Waals surface area contributed by atoms with Crippen molar-refractivity contribution in [2.24, 2.45) is 0 Å². The first kappa shape index (κ1) is 15.5. The van der Waals surface area contributed by atoms with Crippen molar-refractivity contribution < 1.29 is 22.4 Å². The number of nitrogens with zero attached hydrogens (tertiary/aromatic N) is 3. The highest BCUT2D eigenvalue weighted by Crippen LogP contribution is 2.22. The second-order valence-electron chi connectivity index (χ2n) is 3.97. The number of carbonyl (C=O) groups excluding carboxylic acids is 1. The van der Waals surface area contributed by atoms with Gasteiger partial charge in [0.2, 0.25) is 0 Å². The van der Waals surface area contributed by atoms with Gasteiger partial charge < -0.3 is 0 Å². The lowest BCUT2D eigenvalue weighted by Crippen LogP contribution is -2.23. The average molecular weight is 319 g/mol. The molecule has 0 radical (unpaired) electrons. The van der Waals surface area contributed by atoms with Crippen LogP contribution in [0.25, 0.3) is 0 Å². The number of alkyl halides is 3. The summed E-state index contributed by atoms with van der Waals surface area (Å²) in [4.78, 5) is 11.4. The summed E-state index contributed by atoms with van der Waals surface area (Å²) in [6.07, 6.45) is -4.04. The molecule has 2 rings (SSSR count). The van der Waals surface area contributed by atoms with Gasteiger partial charge in [-0.1, -0.05) is 17.3 Å². The van der Waals surface area contributed by atoms with Crippen molar-refractivity contribution in [3.8, 4) is 0 Å². The zero-order valence-corrected chi connectivity index (χ0v) is 11.3. The van der Waals surface area contributed by atoms with Crippen molar-refractivity contribution in [1.82, 2.24) is 15.0 Å². The van der Waals surface area contributed by atoms with Crippen molar-refractivity contribution >= 4 is 17.5 Å². The molecular formula is C12H9F4N3OS. The first-order chi connectivity index (χ1) is 9.88. The van der Waals surface area contributed by atoms with Crippen molar-refractivity contribution in [1.29, 1.82) is 0 Å². The van der Waals surface area contributed by atoms with Crippen LogP contribution in [0.4, 0.5) is 17.6 Å². The lowest BCUT2D eigenvalue weighted by Gasteiger charge is -2.02. The number of halogens is 4. The molecule has 1 heterocycles. The third-order valence-electron chi connectivity index (χ3n) is 2.44. The normalized spacial score (nSPS) is 11.6. The van der Waals surface area contributed by atoms with Crippen molar-refractivity contribution in [2.75, 3.05) is 5.75 Å². The van der Waals surface area contributed by atoms with Gasteiger partial charge in [0.05, 0.1) is 12.7 Å². The Morgan fingerprint density at radius 1 is 1.29 bits per heavy atom. The van der Waals surface area contributed by atoms with Crippen LogP contribution in [0.1, 0.15) is 10.5 Å². The first-order valence-corrected chi connectivity index (χ1v) is 6.75. The molecule has 9 heteroatoms. The Kier molecular flexibility index (Phi) is 4.61. The molecule has 0 aliphatic carbocycles. The summed E-state index contributed by atoms with van der Waals surface area (Å²) in [7, 11) is 0. The van der Waals surface area contributed by atoms with Gasteiger partial charge in [0.25, 0.3) is 5.78 Å². The monoisotopic (exact) mass is 319 g/mol. The fourth-order valence-corrected chi connectivity index (χ4v) is 2.35. The van der Waals surface area contributed by atoms with E-state index in [0.29, 0.717) is 10.6 Å². The maximum Gasteiger partial charge on any atom is 0.456 e. The number of benzene rings is 1. The molecule has 0 saturated heterocycles. The van der Waals surface area contributed by atoms with Gasteiger partial charge in [0, 0.05) is 10.6 Å². The lowest BCUT2D eigenvalue weighted by molar-refractivity contribution is -0.0888. The first-order valence-electron chi connectivity index (χ1n) is 5.77. The van der Waals surface area contributed by atoms with E-state index in [1.165, 1.54) is 17.8 Å². The fourth-order valence-electron chi connectivity index (χ4n) is 1.47. The zero-order chi connectivity index (χ0) is 15.5. The Balaban J connectivity index is 1.92. The molecule has 0 N–H and O–H groups in total. The van der Waals surface area contributed by atoms with Crippen LogP contribution in [0.3, 0.4) is 0 Å². The summed E-state index contributed by atoms with van der Waals surface area (Å²) in [6, 6.07) is 6.16. The molecule has 0 bridgehead atoms. The Labute approximate surface area is 121 Å². The van der Waals surface area contributed by atoms with E-state index in [0.717, 1.165) is 10.9 Å². The summed E-state index contributed by atoms with van der Waals surface area (Å²) in [5.41, 5.74) is -0.751. The second-order valence-corrected chi connectivity index (χ2v) is 5.11. The standard InChI is InChI=1S/C12H9F4N3OS/c13-8-3-1-2-4-10(8)21-6-5-19-7-9(17-18-19)11(20)12(14,15)16/h1-4,7H,5-6H2. The molecule has 1 aromatic carbocycles. The van der Waals surface area contributed by atoms with Gasteiger partial charge in [0.15, 0.2) is 5.69 Å². The summed E-state index contributed by atoms with van der Waals surface area (Å²) in [5, 5.41) is 6.63. The number of aryl methyl sites for hydroxylation is 1. The molecule has 21 heavy (non-hydrogen) atoms. The Morgan fingerprint density at radius 3 is 2.67 bits per heavy atom. The Morgan fingerprint density at radius 2 is 2.00 bits per heavy atom. The predicted molar refractivity (Wildman–Crippen MR) is 67.5 cm³/mol. The number of hydrogen-bond acceptors (Lipinski definition) is 4. The van der Waals surface area contributed by atoms with Crippen molar-refractivity contribution in [3.63, 3.8) is 0 Å². The number of Topliss-reactive ketones (excluding diaryl/α,β-unsaturated/α-hetero) is 1. The number of hydrogen-bond donors (Lipinski definition) is 0. The van der Waals surface area contributed by atoms with Crippen LogP contribution in [0.2, 0.25) is 0 Å². The summed E-state index contributed by atoms with van der Waals surface area (Å²) >= 11 is 1.19. The van der Waals surface area contributed by atoms with Crippen molar-refractivity contribution in [3.05, 3.63) is 42.0 Å². The Hall–Kier alpha value is -1.90. The maximum atomic E-state index is 13.3. The molecule has 0 unspecified atom stereocenters. The smallest absolute Gasteiger partial charge is 0.282 e. The van der Waals surface area contributed by atoms with Crippen LogP contribution in [0.15, 0.2) is 35.4 Å². The lowest BCUT2D eigenvalue weighted by atomic mass is 10.3. The molecule has 0 fully saturated rings. The Bertz CT molecular complexity index is 641. The van der Waals surface area contributed by atoms with E-state index in [1.54, 1.807) is 18.2 Å². The average Bonchev–Trinajstić information content (AvgIpc) is 2.87. The van der Waals surface area contributed by atoms with Gasteiger partial charge in [-0.2, -0.15) is 13.2 Å². The zero-order valence-electron chi connectivity index (χ0n) is 10.5. The minimum Gasteiger partial charge on any atom is -0.282 e. The fraction of sp³-hybridized carbons (Fsp3) is 0.250. The van der Waals surface area contributed by atoms with Crippen LogP contribution < -0.4 is 0 Å². The van der Waals surface area contributed by atoms with E-state index in [2.05, 4.69) is 10.3 Å². The van der Waals surface area contributed by atoms with Gasteiger partial charge in [-0.05, 0) is 12.1 Å². The van der Waals surface area contributed by atoms with Crippen LogP contribution in [0, 0.1) is 5.82 Å². The third-order valence-corrected chi connectivity index (χ3v) is 3.47. The summed E-state index contributed by atoms with van der Waals surface area (Å²) in [6.45, 7) is 0.205. The SMILES string of the molecule is O=C(c1cn(CCSc2ccccc2F)nn1)C(F)(F)F. The van der Waals surface area contributed by atoms with E-state index in [9.17, 15) is 22.4 Å². The van der Waals surface area contributed by atoms with Crippen LogP contribution >= 0.6 is 11.8 Å². The quantitative estimate of drug-likeness (QED) is 0.483. The number of thioether (sulfide) groups is 1. The minimum atomic E-state index is -4.97. The molecule has 0 amide bonds. The van der Waals surface area contributed by atoms with Gasteiger partial charge >= 0.3 is 6.18 Å². The number of aromatic nitrogens is 3. The highest BCUT2D eigenvalue weighted by atomic mass is 32.2. The molecule has 112 valence electrons. The van der Waals surface area contributed by atoms with E-state index >= 15 is 0 Å². The highest BCUT2D eigenvalue weighted by Gasteiger charge is 2.41. The van der Waals surface area contributed by atoms with Crippen LogP contribution in [0.5, 0.6) is 0 Å². The third kappa shape index (κ3) is 4.03. The van der Waals surface area contributed by atoms with Gasteiger partial charge in [0.1, 0.15) is 5.82 Å². The minimum absolute atomic E-state index is 0.205. The summed E-state index contributed by atoms with van der Waals surface area (Å²) in [5.74, 6) is -2.02. The molecule has 0 aliphatic rings. The highest BCUT2D eigenvalue weighted by molar-refractivity contribution is 7.99. The molecule has 2 aromatic rings. The molecule has 1 aromatic heterocycles.